The van der Waals surface area contributed by atoms with Crippen LogP contribution in [0.2, 0.25) is 0 Å². The molecule has 0 unspecified atom stereocenters. The Morgan fingerprint density at radius 3 is 2.47 bits per heavy atom. The molecule has 19 heavy (non-hydrogen) atoms. The van der Waals surface area contributed by atoms with Crippen LogP contribution in [0, 0.1) is 17.6 Å². The van der Waals surface area contributed by atoms with Gasteiger partial charge in [-0.3, -0.25) is 0 Å². The van der Waals surface area contributed by atoms with Gasteiger partial charge in [0.05, 0.1) is 0 Å². The minimum Gasteiger partial charge on any atom is -0.312 e. The third-order valence-corrected chi connectivity index (χ3v) is 2.61. The highest BCUT2D eigenvalue weighted by Gasteiger charge is 2.13. The molecule has 6 heteroatoms. The van der Waals surface area contributed by atoms with Crippen LogP contribution in [-0.2, 0) is 6.54 Å². The Bertz CT molecular complexity index is 515. The average Bonchev–Trinajstić information content (AvgIpc) is 2.81. The van der Waals surface area contributed by atoms with Gasteiger partial charge in [-0.05, 0) is 30.2 Å². The summed E-state index contributed by atoms with van der Waals surface area (Å²) >= 11 is 0. The average molecular weight is 266 g/mol. The summed E-state index contributed by atoms with van der Waals surface area (Å²) in [5, 5.41) is 6.87. The molecular weight excluding hydrogens is 250 g/mol. The number of hydrogen-bond donors (Lipinski definition) is 1. The monoisotopic (exact) mass is 266 g/mol. The van der Waals surface area contributed by atoms with Gasteiger partial charge in [-0.2, -0.15) is 5.10 Å². The van der Waals surface area contributed by atoms with E-state index < -0.39 is 11.6 Å². The van der Waals surface area contributed by atoms with Crippen LogP contribution < -0.4 is 5.32 Å². The van der Waals surface area contributed by atoms with E-state index in [1.165, 1.54) is 24.8 Å². The lowest BCUT2D eigenvalue weighted by atomic mass is 10.1. The number of halogens is 2. The molecule has 0 fully saturated rings. The summed E-state index contributed by atoms with van der Waals surface area (Å²) in [5.41, 5.74) is 0.365. The predicted octanol–water partition coefficient (Wildman–Crippen LogP) is 2.29. The molecule has 2 rings (SSSR count). The van der Waals surface area contributed by atoms with Crippen molar-refractivity contribution in [1.82, 2.24) is 20.1 Å². The molecule has 102 valence electrons. The Hall–Kier alpha value is -1.82. The van der Waals surface area contributed by atoms with Crippen molar-refractivity contribution < 1.29 is 8.78 Å². The zero-order chi connectivity index (χ0) is 13.8. The molecule has 0 atom stereocenters. The quantitative estimate of drug-likeness (QED) is 0.903. The van der Waals surface area contributed by atoms with Gasteiger partial charge >= 0.3 is 0 Å². The first-order valence-corrected chi connectivity index (χ1v) is 6.11. The van der Waals surface area contributed by atoms with Crippen LogP contribution in [0.1, 0.15) is 19.4 Å². The summed E-state index contributed by atoms with van der Waals surface area (Å²) in [6, 6.07) is 2.63. The molecule has 1 aromatic carbocycles. The van der Waals surface area contributed by atoms with Crippen LogP contribution in [-0.4, -0.2) is 21.3 Å². The molecule has 4 nitrogen and oxygen atoms in total. The number of rotatable bonds is 5. The van der Waals surface area contributed by atoms with Gasteiger partial charge in [-0.1, -0.05) is 13.8 Å². The third kappa shape index (κ3) is 3.35. The number of nitrogens with one attached hydrogen (secondary N) is 1. The molecule has 0 radical (unpaired) electrons. The molecule has 0 saturated heterocycles. The van der Waals surface area contributed by atoms with Crippen molar-refractivity contribution in [3.63, 3.8) is 0 Å². The van der Waals surface area contributed by atoms with E-state index >= 15 is 0 Å². The largest absolute Gasteiger partial charge is 0.312 e. The van der Waals surface area contributed by atoms with Crippen LogP contribution in [0.25, 0.3) is 5.69 Å². The van der Waals surface area contributed by atoms with Crippen molar-refractivity contribution in [2.24, 2.45) is 5.92 Å². The number of hydrogen-bond acceptors (Lipinski definition) is 3. The van der Waals surface area contributed by atoms with Gasteiger partial charge < -0.3 is 5.32 Å². The standard InChI is InChI=1S/C13H16F2N4/c1-9(2)5-16-6-10-3-11(14)13(12(15)4-10)19-8-17-7-18-19/h3-4,7-9,16H,5-6H2,1-2H3. The highest BCUT2D eigenvalue weighted by molar-refractivity contribution is 5.37. The Morgan fingerprint density at radius 1 is 1.26 bits per heavy atom. The van der Waals surface area contributed by atoms with E-state index in [-0.39, 0.29) is 5.69 Å². The minimum absolute atomic E-state index is 0.204. The summed E-state index contributed by atoms with van der Waals surface area (Å²) in [6.07, 6.45) is 2.50. The van der Waals surface area contributed by atoms with Gasteiger partial charge in [0.1, 0.15) is 18.3 Å². The molecule has 2 aromatic rings. The van der Waals surface area contributed by atoms with E-state index in [2.05, 4.69) is 29.2 Å². The Balaban J connectivity index is 2.18. The lowest BCUT2D eigenvalue weighted by Gasteiger charge is -2.10. The lowest BCUT2D eigenvalue weighted by Crippen LogP contribution is -2.19. The summed E-state index contributed by atoms with van der Waals surface area (Å²) in [6.45, 7) is 5.38. The zero-order valence-corrected chi connectivity index (χ0v) is 10.9. The molecular formula is C13H16F2N4. The molecule has 0 amide bonds. The van der Waals surface area contributed by atoms with E-state index in [1.807, 2.05) is 0 Å². The van der Waals surface area contributed by atoms with Crippen molar-refractivity contribution in [3.05, 3.63) is 42.0 Å². The highest BCUT2D eigenvalue weighted by Crippen LogP contribution is 2.18. The maximum atomic E-state index is 13.9. The van der Waals surface area contributed by atoms with E-state index in [4.69, 9.17) is 0 Å². The first-order chi connectivity index (χ1) is 9.08. The van der Waals surface area contributed by atoms with Gasteiger partial charge in [0.15, 0.2) is 11.6 Å². The molecule has 0 saturated carbocycles. The fourth-order valence-corrected chi connectivity index (χ4v) is 1.77. The summed E-state index contributed by atoms with van der Waals surface area (Å²) < 4.78 is 28.9. The molecule has 1 aromatic heterocycles. The van der Waals surface area contributed by atoms with Crippen molar-refractivity contribution in [1.29, 1.82) is 0 Å². The van der Waals surface area contributed by atoms with Crippen molar-refractivity contribution in [2.75, 3.05) is 6.54 Å². The second-order valence-electron chi connectivity index (χ2n) is 4.77. The summed E-state index contributed by atoms with van der Waals surface area (Å²) in [7, 11) is 0. The maximum absolute atomic E-state index is 13.9. The van der Waals surface area contributed by atoms with E-state index in [1.54, 1.807) is 0 Å². The van der Waals surface area contributed by atoms with Gasteiger partial charge in [0.25, 0.3) is 0 Å². The normalized spacial score (nSPS) is 11.2. The van der Waals surface area contributed by atoms with Gasteiger partial charge in [-0.15, -0.1) is 0 Å². The van der Waals surface area contributed by atoms with Crippen LogP contribution in [0.4, 0.5) is 8.78 Å². The predicted molar refractivity (Wildman–Crippen MR) is 67.8 cm³/mol. The Kier molecular flexibility index (Phi) is 4.21. The molecule has 1 heterocycles. The lowest BCUT2D eigenvalue weighted by molar-refractivity contribution is 0.537. The van der Waals surface area contributed by atoms with E-state index in [9.17, 15) is 8.78 Å². The first kappa shape index (κ1) is 13.6. The molecule has 1 N–H and O–H groups in total. The van der Waals surface area contributed by atoms with Crippen molar-refractivity contribution in [3.8, 4) is 5.69 Å². The van der Waals surface area contributed by atoms with Crippen LogP contribution in [0.3, 0.4) is 0 Å². The van der Waals surface area contributed by atoms with Crippen LogP contribution in [0.5, 0.6) is 0 Å². The van der Waals surface area contributed by atoms with Crippen LogP contribution >= 0.6 is 0 Å². The first-order valence-electron chi connectivity index (χ1n) is 6.11. The van der Waals surface area contributed by atoms with Crippen molar-refractivity contribution >= 4 is 0 Å². The third-order valence-electron chi connectivity index (χ3n) is 2.61. The topological polar surface area (TPSA) is 42.7 Å². The molecule has 0 aliphatic carbocycles. The fourth-order valence-electron chi connectivity index (χ4n) is 1.77. The second-order valence-corrected chi connectivity index (χ2v) is 4.77. The van der Waals surface area contributed by atoms with E-state index in [0.29, 0.717) is 18.0 Å². The minimum atomic E-state index is -0.646. The Morgan fingerprint density at radius 2 is 1.95 bits per heavy atom. The molecule has 0 aliphatic rings. The SMILES string of the molecule is CC(C)CNCc1cc(F)c(-n2cncn2)c(F)c1. The summed E-state index contributed by atoms with van der Waals surface area (Å²) in [4.78, 5) is 3.68. The van der Waals surface area contributed by atoms with Crippen molar-refractivity contribution in [2.45, 2.75) is 20.4 Å². The van der Waals surface area contributed by atoms with Gasteiger partial charge in [0.2, 0.25) is 0 Å². The number of aromatic nitrogens is 3. The molecule has 0 bridgehead atoms. The van der Waals surface area contributed by atoms with E-state index in [0.717, 1.165) is 11.2 Å². The summed E-state index contributed by atoms with van der Waals surface area (Å²) in [5.74, 6) is -0.803. The smallest absolute Gasteiger partial charge is 0.152 e. The second kappa shape index (κ2) is 5.88. The highest BCUT2D eigenvalue weighted by atomic mass is 19.1. The van der Waals surface area contributed by atoms with Crippen LogP contribution in [0.15, 0.2) is 24.8 Å². The maximum Gasteiger partial charge on any atom is 0.152 e. The Labute approximate surface area is 110 Å². The van der Waals surface area contributed by atoms with Gasteiger partial charge in [-0.25, -0.2) is 18.4 Å². The zero-order valence-electron chi connectivity index (χ0n) is 10.9. The molecule has 0 aliphatic heterocycles. The molecule has 0 spiro atoms. The van der Waals surface area contributed by atoms with Gasteiger partial charge in [0, 0.05) is 6.54 Å². The number of benzene rings is 1. The number of nitrogens with zero attached hydrogens (tertiary/aromatic N) is 3. The fraction of sp³-hybridized carbons (Fsp3) is 0.385.